The lowest BCUT2D eigenvalue weighted by atomic mass is 9.97. The van der Waals surface area contributed by atoms with Gasteiger partial charge in [0.05, 0.1) is 7.11 Å². The summed E-state index contributed by atoms with van der Waals surface area (Å²) >= 11 is 5.76. The van der Waals surface area contributed by atoms with Crippen molar-refractivity contribution in [3.63, 3.8) is 0 Å². The molecule has 1 aromatic carbocycles. The van der Waals surface area contributed by atoms with E-state index in [9.17, 15) is 8.78 Å². The van der Waals surface area contributed by atoms with Crippen molar-refractivity contribution in [1.82, 2.24) is 5.32 Å². The average Bonchev–Trinajstić information content (AvgIpc) is 2.77. The highest BCUT2D eigenvalue weighted by molar-refractivity contribution is 6.32. The third-order valence-electron chi connectivity index (χ3n) is 2.85. The van der Waals surface area contributed by atoms with E-state index >= 15 is 0 Å². The highest BCUT2D eigenvalue weighted by atomic mass is 35.5. The van der Waals surface area contributed by atoms with Gasteiger partial charge in [-0.05, 0) is 13.0 Å². The molecule has 1 saturated heterocycles. The highest BCUT2D eigenvalue weighted by Gasteiger charge is 2.26. The summed E-state index contributed by atoms with van der Waals surface area (Å²) in [5.74, 6) is -1.41. The van der Waals surface area contributed by atoms with E-state index in [0.717, 1.165) is 19.0 Å². The van der Waals surface area contributed by atoms with Gasteiger partial charge in [-0.15, -0.1) is 0 Å². The van der Waals surface area contributed by atoms with Crippen molar-refractivity contribution in [2.45, 2.75) is 12.3 Å². The number of methoxy groups -OCH3 is 1. The van der Waals surface area contributed by atoms with Crippen LogP contribution in [0.3, 0.4) is 0 Å². The van der Waals surface area contributed by atoms with Crippen molar-refractivity contribution in [3.8, 4) is 5.75 Å². The molecule has 0 amide bonds. The third kappa shape index (κ3) is 1.87. The molecule has 1 aliphatic rings. The fraction of sp³-hybridized carbons (Fsp3) is 0.455. The summed E-state index contributed by atoms with van der Waals surface area (Å²) in [5.41, 5.74) is 0.0656. The van der Waals surface area contributed by atoms with Crippen molar-refractivity contribution in [2.24, 2.45) is 0 Å². The number of nitrogens with one attached hydrogen (secondary N) is 1. The van der Waals surface area contributed by atoms with Gasteiger partial charge >= 0.3 is 0 Å². The molecule has 0 radical (unpaired) electrons. The Labute approximate surface area is 97.5 Å². The van der Waals surface area contributed by atoms with Gasteiger partial charge in [0.1, 0.15) is 16.6 Å². The predicted octanol–water partition coefficient (Wildman–Crippen LogP) is 2.70. The molecule has 1 unspecified atom stereocenters. The van der Waals surface area contributed by atoms with Gasteiger partial charge in [0.25, 0.3) is 0 Å². The Hall–Kier alpha value is -0.870. The van der Waals surface area contributed by atoms with E-state index in [1.54, 1.807) is 0 Å². The molecule has 0 aliphatic carbocycles. The minimum Gasteiger partial charge on any atom is -0.495 e. The second-order valence-electron chi connectivity index (χ2n) is 3.79. The van der Waals surface area contributed by atoms with Crippen LogP contribution in [-0.2, 0) is 0 Å². The molecule has 0 saturated carbocycles. The molecular weight excluding hydrogens is 236 g/mol. The van der Waals surface area contributed by atoms with E-state index in [-0.39, 0.29) is 22.3 Å². The molecule has 1 fully saturated rings. The van der Waals surface area contributed by atoms with E-state index in [4.69, 9.17) is 16.3 Å². The normalized spacial score (nSPS) is 20.1. The first-order chi connectivity index (χ1) is 7.65. The minimum atomic E-state index is -0.702. The van der Waals surface area contributed by atoms with Crippen molar-refractivity contribution >= 4 is 11.6 Å². The first kappa shape index (κ1) is 11.6. The van der Waals surface area contributed by atoms with E-state index in [2.05, 4.69) is 5.32 Å². The maximum atomic E-state index is 13.9. The predicted molar refractivity (Wildman–Crippen MR) is 58.1 cm³/mol. The molecule has 0 bridgehead atoms. The van der Waals surface area contributed by atoms with Crippen molar-refractivity contribution in [2.75, 3.05) is 20.2 Å². The second-order valence-corrected chi connectivity index (χ2v) is 4.17. The number of ether oxygens (including phenoxy) is 1. The zero-order valence-electron chi connectivity index (χ0n) is 8.82. The molecule has 0 spiro atoms. The summed E-state index contributed by atoms with van der Waals surface area (Å²) in [6.07, 6.45) is 0.719. The fourth-order valence-corrected chi connectivity index (χ4v) is 2.24. The molecule has 1 aromatic rings. The van der Waals surface area contributed by atoms with Crippen LogP contribution in [0.5, 0.6) is 5.75 Å². The maximum Gasteiger partial charge on any atom is 0.152 e. The van der Waals surface area contributed by atoms with Crippen LogP contribution in [0, 0.1) is 11.6 Å². The first-order valence-corrected chi connectivity index (χ1v) is 5.45. The summed E-state index contributed by atoms with van der Waals surface area (Å²) in [4.78, 5) is 0. The van der Waals surface area contributed by atoms with Gasteiger partial charge in [-0.25, -0.2) is 8.78 Å². The summed E-state index contributed by atoms with van der Waals surface area (Å²) in [6, 6.07) is 1.14. The van der Waals surface area contributed by atoms with Crippen LogP contribution in [-0.4, -0.2) is 20.2 Å². The fourth-order valence-electron chi connectivity index (χ4n) is 2.01. The third-order valence-corrected chi connectivity index (χ3v) is 3.20. The molecule has 1 atom stereocenters. The number of halogens is 3. The molecule has 1 heterocycles. The van der Waals surface area contributed by atoms with Crippen molar-refractivity contribution in [3.05, 3.63) is 28.3 Å². The van der Waals surface area contributed by atoms with Crippen LogP contribution in [0.1, 0.15) is 17.9 Å². The van der Waals surface area contributed by atoms with Crippen LogP contribution in [0.15, 0.2) is 6.07 Å². The molecule has 16 heavy (non-hydrogen) atoms. The van der Waals surface area contributed by atoms with Gasteiger partial charge in [0.15, 0.2) is 5.82 Å². The number of benzene rings is 1. The lowest BCUT2D eigenvalue weighted by Gasteiger charge is -2.14. The molecule has 2 nitrogen and oxygen atoms in total. The quantitative estimate of drug-likeness (QED) is 0.812. The Bertz CT molecular complexity index is 405. The van der Waals surface area contributed by atoms with E-state index in [1.165, 1.54) is 7.11 Å². The summed E-state index contributed by atoms with van der Waals surface area (Å²) < 4.78 is 32.4. The summed E-state index contributed by atoms with van der Waals surface area (Å²) in [6.45, 7) is 1.35. The molecule has 2 rings (SSSR count). The summed E-state index contributed by atoms with van der Waals surface area (Å²) in [7, 11) is 1.33. The van der Waals surface area contributed by atoms with Crippen LogP contribution in [0.4, 0.5) is 8.78 Å². The van der Waals surface area contributed by atoms with Gasteiger partial charge < -0.3 is 10.1 Å². The lowest BCUT2D eigenvalue weighted by Crippen LogP contribution is -2.11. The second kappa shape index (κ2) is 4.55. The number of hydrogen-bond acceptors (Lipinski definition) is 2. The molecule has 0 aromatic heterocycles. The van der Waals surface area contributed by atoms with Crippen LogP contribution in [0.25, 0.3) is 0 Å². The Balaban J connectivity index is 2.48. The largest absolute Gasteiger partial charge is 0.495 e. The monoisotopic (exact) mass is 247 g/mol. The Morgan fingerprint density at radius 3 is 2.81 bits per heavy atom. The highest BCUT2D eigenvalue weighted by Crippen LogP contribution is 2.36. The molecule has 1 N–H and O–H groups in total. The van der Waals surface area contributed by atoms with Crippen LogP contribution < -0.4 is 10.1 Å². The lowest BCUT2D eigenvalue weighted by molar-refractivity contribution is 0.404. The number of hydrogen-bond donors (Lipinski definition) is 1. The molecule has 5 heteroatoms. The standard InChI is InChI=1S/C11H12ClF2NO/c1-16-8-4-7(13)9(11(14)10(8)12)6-2-3-15-5-6/h4,6,15H,2-3,5H2,1H3. The van der Waals surface area contributed by atoms with Gasteiger partial charge in [-0.2, -0.15) is 0 Å². The molecular formula is C11H12ClF2NO. The zero-order chi connectivity index (χ0) is 11.7. The molecule has 88 valence electrons. The number of rotatable bonds is 2. The van der Waals surface area contributed by atoms with E-state index in [0.29, 0.717) is 6.54 Å². The minimum absolute atomic E-state index is 0.0337. The van der Waals surface area contributed by atoms with Gasteiger partial charge in [0.2, 0.25) is 0 Å². The average molecular weight is 248 g/mol. The smallest absolute Gasteiger partial charge is 0.152 e. The van der Waals surface area contributed by atoms with Gasteiger partial charge in [-0.1, -0.05) is 11.6 Å². The Morgan fingerprint density at radius 2 is 2.25 bits per heavy atom. The Morgan fingerprint density at radius 1 is 1.50 bits per heavy atom. The van der Waals surface area contributed by atoms with E-state index in [1.807, 2.05) is 0 Å². The van der Waals surface area contributed by atoms with Crippen molar-refractivity contribution < 1.29 is 13.5 Å². The van der Waals surface area contributed by atoms with Crippen molar-refractivity contribution in [1.29, 1.82) is 0 Å². The SMILES string of the molecule is COc1cc(F)c(C2CCNC2)c(F)c1Cl. The van der Waals surface area contributed by atoms with Crippen LogP contribution in [0.2, 0.25) is 5.02 Å². The Kier molecular flexibility index (Phi) is 3.30. The topological polar surface area (TPSA) is 21.3 Å². The first-order valence-electron chi connectivity index (χ1n) is 5.07. The van der Waals surface area contributed by atoms with Crippen LogP contribution >= 0.6 is 11.6 Å². The maximum absolute atomic E-state index is 13.9. The summed E-state index contributed by atoms with van der Waals surface area (Å²) in [5, 5.41) is 2.92. The van der Waals surface area contributed by atoms with Gasteiger partial charge in [0, 0.05) is 24.1 Å². The van der Waals surface area contributed by atoms with E-state index < -0.39 is 11.6 Å². The van der Waals surface area contributed by atoms with Gasteiger partial charge in [-0.3, -0.25) is 0 Å². The zero-order valence-corrected chi connectivity index (χ0v) is 9.57. The molecule has 1 aliphatic heterocycles.